The van der Waals surface area contributed by atoms with Gasteiger partial charge in [0.15, 0.2) is 5.82 Å². The normalized spacial score (nSPS) is 10.6. The number of rotatable bonds is 2. The van der Waals surface area contributed by atoms with Crippen molar-refractivity contribution in [1.82, 2.24) is 15.2 Å². The van der Waals surface area contributed by atoms with E-state index < -0.39 is 0 Å². The second kappa shape index (κ2) is 4.29. The van der Waals surface area contributed by atoms with Crippen molar-refractivity contribution in [3.05, 3.63) is 26.8 Å². The standard InChI is InChI=1S/C11H14N4OS/c1-5-6(2)14-15-10(5)13-11(16)9-7(3)12-8(4)17-9/h1-4H3,(H2,13,14,15,16). The maximum atomic E-state index is 12.0. The fourth-order valence-corrected chi connectivity index (χ4v) is 2.33. The molecule has 0 unspecified atom stereocenters. The second-order valence-electron chi connectivity index (χ2n) is 3.92. The van der Waals surface area contributed by atoms with Crippen molar-refractivity contribution < 1.29 is 4.79 Å². The van der Waals surface area contributed by atoms with Crippen LogP contribution in [0.1, 0.15) is 31.6 Å². The number of thiazole rings is 1. The minimum Gasteiger partial charge on any atom is -0.304 e. The molecule has 2 heterocycles. The van der Waals surface area contributed by atoms with Crippen LogP contribution < -0.4 is 5.32 Å². The molecular formula is C11H14N4OS. The molecule has 6 heteroatoms. The van der Waals surface area contributed by atoms with E-state index in [4.69, 9.17) is 0 Å². The van der Waals surface area contributed by atoms with Crippen LogP contribution in [0.3, 0.4) is 0 Å². The number of amides is 1. The molecule has 0 aliphatic heterocycles. The predicted molar refractivity (Wildman–Crippen MR) is 67.6 cm³/mol. The minimum absolute atomic E-state index is 0.150. The minimum atomic E-state index is -0.150. The molecule has 0 spiro atoms. The Kier molecular flexibility index (Phi) is 2.97. The highest BCUT2D eigenvalue weighted by molar-refractivity contribution is 7.13. The molecular weight excluding hydrogens is 236 g/mol. The van der Waals surface area contributed by atoms with Crippen molar-refractivity contribution in [1.29, 1.82) is 0 Å². The van der Waals surface area contributed by atoms with Crippen LogP contribution in [0.2, 0.25) is 0 Å². The second-order valence-corrected chi connectivity index (χ2v) is 5.13. The van der Waals surface area contributed by atoms with Crippen molar-refractivity contribution in [2.45, 2.75) is 27.7 Å². The van der Waals surface area contributed by atoms with Gasteiger partial charge in [-0.3, -0.25) is 9.89 Å². The van der Waals surface area contributed by atoms with Crippen LogP contribution in [0, 0.1) is 27.7 Å². The molecule has 17 heavy (non-hydrogen) atoms. The highest BCUT2D eigenvalue weighted by atomic mass is 32.1. The van der Waals surface area contributed by atoms with Gasteiger partial charge in [0.1, 0.15) is 4.88 Å². The highest BCUT2D eigenvalue weighted by Crippen LogP contribution is 2.20. The Bertz CT molecular complexity index is 570. The largest absolute Gasteiger partial charge is 0.304 e. The Morgan fingerprint density at radius 3 is 2.47 bits per heavy atom. The third kappa shape index (κ3) is 2.21. The summed E-state index contributed by atoms with van der Waals surface area (Å²) in [6, 6.07) is 0. The molecule has 2 aromatic heterocycles. The Hall–Kier alpha value is -1.69. The van der Waals surface area contributed by atoms with Gasteiger partial charge < -0.3 is 5.32 Å². The summed E-state index contributed by atoms with van der Waals surface area (Å²) in [5, 5.41) is 10.6. The third-order valence-electron chi connectivity index (χ3n) is 2.59. The number of carbonyl (C=O) groups is 1. The molecule has 90 valence electrons. The van der Waals surface area contributed by atoms with Crippen molar-refractivity contribution in [2.75, 3.05) is 5.32 Å². The fourth-order valence-electron chi connectivity index (χ4n) is 1.51. The molecule has 0 saturated heterocycles. The van der Waals surface area contributed by atoms with E-state index in [-0.39, 0.29) is 5.91 Å². The van der Waals surface area contributed by atoms with E-state index in [9.17, 15) is 4.79 Å². The quantitative estimate of drug-likeness (QED) is 0.859. The third-order valence-corrected chi connectivity index (χ3v) is 3.67. The lowest BCUT2D eigenvalue weighted by Crippen LogP contribution is -2.12. The highest BCUT2D eigenvalue weighted by Gasteiger charge is 2.16. The van der Waals surface area contributed by atoms with Gasteiger partial charge in [-0.05, 0) is 27.7 Å². The van der Waals surface area contributed by atoms with E-state index in [1.54, 1.807) is 0 Å². The molecule has 0 aliphatic rings. The molecule has 0 aromatic carbocycles. The summed E-state index contributed by atoms with van der Waals surface area (Å²) in [5.74, 6) is 0.431. The number of aryl methyl sites for hydroxylation is 3. The number of hydrogen-bond acceptors (Lipinski definition) is 4. The van der Waals surface area contributed by atoms with E-state index in [0.29, 0.717) is 10.7 Å². The van der Waals surface area contributed by atoms with Crippen LogP contribution >= 0.6 is 11.3 Å². The molecule has 0 fully saturated rings. The summed E-state index contributed by atoms with van der Waals surface area (Å²) in [6.07, 6.45) is 0. The number of H-pyrrole nitrogens is 1. The number of aromatic nitrogens is 3. The average molecular weight is 250 g/mol. The Morgan fingerprint density at radius 1 is 1.29 bits per heavy atom. The van der Waals surface area contributed by atoms with E-state index in [1.165, 1.54) is 11.3 Å². The number of hydrogen-bond donors (Lipinski definition) is 2. The molecule has 5 nitrogen and oxygen atoms in total. The Balaban J connectivity index is 2.23. The van der Waals surface area contributed by atoms with Gasteiger partial charge in [0.25, 0.3) is 5.91 Å². The lowest BCUT2D eigenvalue weighted by atomic mass is 10.3. The summed E-state index contributed by atoms with van der Waals surface area (Å²) in [4.78, 5) is 16.9. The maximum Gasteiger partial charge on any atom is 0.268 e. The van der Waals surface area contributed by atoms with E-state index >= 15 is 0 Å². The first kappa shape index (κ1) is 11.8. The number of nitrogens with zero attached hydrogens (tertiary/aromatic N) is 2. The van der Waals surface area contributed by atoms with Crippen molar-refractivity contribution in [2.24, 2.45) is 0 Å². The van der Waals surface area contributed by atoms with Crippen LogP contribution in [0.5, 0.6) is 0 Å². The van der Waals surface area contributed by atoms with Crippen LogP contribution in [0.4, 0.5) is 5.82 Å². The molecule has 0 aliphatic carbocycles. The van der Waals surface area contributed by atoms with E-state index in [1.807, 2.05) is 27.7 Å². The SMILES string of the molecule is Cc1nc(C)c(C(=O)Nc2n[nH]c(C)c2C)s1. The van der Waals surface area contributed by atoms with Crippen molar-refractivity contribution >= 4 is 23.1 Å². The van der Waals surface area contributed by atoms with Gasteiger partial charge in [-0.25, -0.2) is 4.98 Å². The van der Waals surface area contributed by atoms with Crippen molar-refractivity contribution in [3.8, 4) is 0 Å². The van der Waals surface area contributed by atoms with Gasteiger partial charge in [0.05, 0.1) is 10.7 Å². The zero-order valence-corrected chi connectivity index (χ0v) is 11.0. The first-order chi connectivity index (χ1) is 7.99. The Labute approximate surface area is 103 Å². The summed E-state index contributed by atoms with van der Waals surface area (Å²) in [5.41, 5.74) is 2.67. The molecule has 0 radical (unpaired) electrons. The first-order valence-corrected chi connectivity index (χ1v) is 6.07. The lowest BCUT2D eigenvalue weighted by Gasteiger charge is -2.01. The molecule has 2 rings (SSSR count). The van der Waals surface area contributed by atoms with E-state index in [0.717, 1.165) is 22.0 Å². The smallest absolute Gasteiger partial charge is 0.268 e. The molecule has 2 N–H and O–H groups in total. The maximum absolute atomic E-state index is 12.0. The van der Waals surface area contributed by atoms with Crippen LogP contribution in [0.25, 0.3) is 0 Å². The fraction of sp³-hybridized carbons (Fsp3) is 0.364. The van der Waals surface area contributed by atoms with Gasteiger partial charge in [0.2, 0.25) is 0 Å². The molecule has 0 saturated carbocycles. The molecule has 1 amide bonds. The number of aromatic amines is 1. The van der Waals surface area contributed by atoms with Crippen LogP contribution in [-0.2, 0) is 0 Å². The number of carbonyl (C=O) groups excluding carboxylic acids is 1. The topological polar surface area (TPSA) is 70.7 Å². The Morgan fingerprint density at radius 2 is 2.00 bits per heavy atom. The summed E-state index contributed by atoms with van der Waals surface area (Å²) < 4.78 is 0. The predicted octanol–water partition coefficient (Wildman–Crippen LogP) is 2.35. The van der Waals surface area contributed by atoms with Crippen LogP contribution in [0.15, 0.2) is 0 Å². The molecule has 0 atom stereocenters. The first-order valence-electron chi connectivity index (χ1n) is 5.26. The van der Waals surface area contributed by atoms with Gasteiger partial charge in [0, 0.05) is 11.3 Å². The number of nitrogens with one attached hydrogen (secondary N) is 2. The summed E-state index contributed by atoms with van der Waals surface area (Å²) in [6.45, 7) is 7.55. The van der Waals surface area contributed by atoms with Crippen molar-refractivity contribution in [3.63, 3.8) is 0 Å². The zero-order valence-electron chi connectivity index (χ0n) is 10.2. The van der Waals surface area contributed by atoms with E-state index in [2.05, 4.69) is 20.5 Å². The molecule has 0 bridgehead atoms. The van der Waals surface area contributed by atoms with Crippen LogP contribution in [-0.4, -0.2) is 21.1 Å². The zero-order chi connectivity index (χ0) is 12.6. The number of anilines is 1. The lowest BCUT2D eigenvalue weighted by molar-refractivity contribution is 0.102. The average Bonchev–Trinajstić information content (AvgIpc) is 2.75. The van der Waals surface area contributed by atoms with Gasteiger partial charge in [-0.1, -0.05) is 0 Å². The monoisotopic (exact) mass is 250 g/mol. The van der Waals surface area contributed by atoms with Gasteiger partial charge >= 0.3 is 0 Å². The van der Waals surface area contributed by atoms with Gasteiger partial charge in [-0.2, -0.15) is 5.10 Å². The summed E-state index contributed by atoms with van der Waals surface area (Å²) in [7, 11) is 0. The molecule has 2 aromatic rings. The summed E-state index contributed by atoms with van der Waals surface area (Å²) >= 11 is 1.39. The van der Waals surface area contributed by atoms with Gasteiger partial charge in [-0.15, -0.1) is 11.3 Å².